The Kier molecular flexibility index (Phi) is 6.58. The van der Waals surface area contributed by atoms with Crippen molar-refractivity contribution in [3.05, 3.63) is 102 Å². The third-order valence-electron chi connectivity index (χ3n) is 5.20. The van der Waals surface area contributed by atoms with Gasteiger partial charge in [0.1, 0.15) is 17.1 Å². The summed E-state index contributed by atoms with van der Waals surface area (Å²) in [6.45, 7) is 0.643. The van der Waals surface area contributed by atoms with Gasteiger partial charge in [-0.3, -0.25) is 0 Å². The Labute approximate surface area is 201 Å². The Morgan fingerprint density at radius 2 is 1.44 bits per heavy atom. The molecule has 0 bridgehead atoms. The highest BCUT2D eigenvalue weighted by atomic mass is 32.2. The van der Waals surface area contributed by atoms with Crippen molar-refractivity contribution in [1.82, 2.24) is 30.2 Å². The van der Waals surface area contributed by atoms with E-state index in [1.807, 2.05) is 95.8 Å². The molecule has 0 fully saturated rings. The molecular weight excluding hydrogens is 444 g/mol. The molecule has 0 atom stereocenters. The Morgan fingerprint density at radius 1 is 0.765 bits per heavy atom. The van der Waals surface area contributed by atoms with Crippen molar-refractivity contribution < 1.29 is 4.74 Å². The van der Waals surface area contributed by atoms with Gasteiger partial charge in [0.15, 0.2) is 0 Å². The van der Waals surface area contributed by atoms with Gasteiger partial charge < -0.3 is 4.74 Å². The van der Waals surface area contributed by atoms with Crippen LogP contribution in [0.4, 0.5) is 0 Å². The third-order valence-corrected chi connectivity index (χ3v) is 6.07. The van der Waals surface area contributed by atoms with Crippen LogP contribution >= 0.6 is 11.8 Å². The fraction of sp³-hybridized carbons (Fsp3) is 0.115. The summed E-state index contributed by atoms with van der Waals surface area (Å²) in [6, 6.07) is 28.0. The number of hydrogen-bond acceptors (Lipinski definition) is 7. The van der Waals surface area contributed by atoms with Crippen LogP contribution in [0, 0.1) is 0 Å². The van der Waals surface area contributed by atoms with Gasteiger partial charge in [-0.25, -0.2) is 9.67 Å². The number of ether oxygens (including phenoxy) is 1. The molecule has 168 valence electrons. The van der Waals surface area contributed by atoms with Gasteiger partial charge in [0.05, 0.1) is 19.3 Å². The van der Waals surface area contributed by atoms with Crippen LogP contribution in [-0.4, -0.2) is 37.3 Å². The van der Waals surface area contributed by atoms with Crippen LogP contribution in [0.1, 0.15) is 11.3 Å². The maximum Gasteiger partial charge on any atom is 0.210 e. The van der Waals surface area contributed by atoms with Gasteiger partial charge in [-0.1, -0.05) is 89.8 Å². The highest BCUT2D eigenvalue weighted by Gasteiger charge is 2.14. The molecule has 5 aromatic rings. The van der Waals surface area contributed by atoms with Gasteiger partial charge in [0.25, 0.3) is 0 Å². The van der Waals surface area contributed by atoms with Crippen molar-refractivity contribution >= 4 is 11.8 Å². The van der Waals surface area contributed by atoms with Crippen molar-refractivity contribution in [1.29, 1.82) is 0 Å². The first-order valence-electron chi connectivity index (χ1n) is 10.8. The van der Waals surface area contributed by atoms with E-state index in [1.54, 1.807) is 7.11 Å². The Hall–Kier alpha value is -4.04. The average molecular weight is 467 g/mol. The van der Waals surface area contributed by atoms with Crippen LogP contribution in [-0.2, 0) is 12.3 Å². The maximum atomic E-state index is 5.21. The normalized spacial score (nSPS) is 10.9. The molecule has 0 aliphatic rings. The van der Waals surface area contributed by atoms with Crippen LogP contribution in [0.2, 0.25) is 0 Å². The summed E-state index contributed by atoms with van der Waals surface area (Å²) in [6.07, 6.45) is 1.95. The summed E-state index contributed by atoms with van der Waals surface area (Å²) in [5, 5.41) is 18.1. The Morgan fingerprint density at radius 3 is 2.12 bits per heavy atom. The number of benzene rings is 3. The van der Waals surface area contributed by atoms with Crippen LogP contribution in [0.15, 0.2) is 96.3 Å². The summed E-state index contributed by atoms with van der Waals surface area (Å²) in [7, 11) is 1.66. The minimum atomic E-state index is 0.600. The molecule has 0 unspecified atom stereocenters. The van der Waals surface area contributed by atoms with Crippen molar-refractivity contribution in [3.63, 3.8) is 0 Å². The first-order chi connectivity index (χ1) is 16.8. The van der Waals surface area contributed by atoms with Crippen molar-refractivity contribution in [2.75, 3.05) is 7.11 Å². The van der Waals surface area contributed by atoms with Crippen molar-refractivity contribution in [2.24, 2.45) is 0 Å². The predicted molar refractivity (Wildman–Crippen MR) is 132 cm³/mol. The highest BCUT2D eigenvalue weighted by Crippen LogP contribution is 2.30. The molecule has 8 heteroatoms. The molecule has 0 saturated carbocycles. The van der Waals surface area contributed by atoms with E-state index >= 15 is 0 Å². The van der Waals surface area contributed by atoms with Gasteiger partial charge in [0, 0.05) is 23.1 Å². The maximum absolute atomic E-state index is 5.21. The van der Waals surface area contributed by atoms with Gasteiger partial charge in [-0.2, -0.15) is 0 Å². The molecule has 5 rings (SSSR count). The minimum absolute atomic E-state index is 0.600. The lowest BCUT2D eigenvalue weighted by molar-refractivity contribution is 0.414. The van der Waals surface area contributed by atoms with E-state index in [4.69, 9.17) is 9.72 Å². The highest BCUT2D eigenvalue weighted by molar-refractivity contribution is 7.98. The van der Waals surface area contributed by atoms with E-state index in [9.17, 15) is 0 Å². The van der Waals surface area contributed by atoms with Crippen molar-refractivity contribution in [2.45, 2.75) is 17.5 Å². The van der Waals surface area contributed by atoms with Gasteiger partial charge >= 0.3 is 0 Å². The topological polar surface area (TPSA) is 78.6 Å². The van der Waals surface area contributed by atoms with E-state index < -0.39 is 0 Å². The molecule has 0 amide bonds. The summed E-state index contributed by atoms with van der Waals surface area (Å²) in [5.74, 6) is 1.43. The predicted octanol–water partition coefficient (Wildman–Crippen LogP) is 5.15. The molecule has 0 spiro atoms. The number of rotatable bonds is 8. The Bertz CT molecular complexity index is 1360. The first kappa shape index (κ1) is 21.8. The van der Waals surface area contributed by atoms with Crippen LogP contribution in [0.3, 0.4) is 0 Å². The van der Waals surface area contributed by atoms with E-state index in [0.717, 1.165) is 39.5 Å². The van der Waals surface area contributed by atoms with E-state index in [1.165, 1.54) is 11.8 Å². The molecule has 7 nitrogen and oxygen atoms in total. The van der Waals surface area contributed by atoms with E-state index in [0.29, 0.717) is 17.5 Å². The molecule has 2 heterocycles. The lowest BCUT2D eigenvalue weighted by atomic mass is 10.0. The van der Waals surface area contributed by atoms with Crippen LogP contribution in [0.25, 0.3) is 22.5 Å². The zero-order valence-corrected chi connectivity index (χ0v) is 19.4. The lowest BCUT2D eigenvalue weighted by Crippen LogP contribution is -2.00. The second-order valence-corrected chi connectivity index (χ2v) is 8.51. The largest absolute Gasteiger partial charge is 0.497 e. The van der Waals surface area contributed by atoms with Crippen LogP contribution < -0.4 is 4.74 Å². The summed E-state index contributed by atoms with van der Waals surface area (Å²) in [5.41, 5.74) is 5.55. The molecule has 3 aromatic carbocycles. The smallest absolute Gasteiger partial charge is 0.210 e. The van der Waals surface area contributed by atoms with E-state index in [2.05, 4.69) is 20.5 Å². The zero-order chi connectivity index (χ0) is 23.2. The monoisotopic (exact) mass is 466 g/mol. The number of aromatic nitrogens is 6. The van der Waals surface area contributed by atoms with E-state index in [-0.39, 0.29) is 0 Å². The average Bonchev–Trinajstić information content (AvgIpc) is 3.36. The lowest BCUT2D eigenvalue weighted by Gasteiger charge is -2.09. The summed E-state index contributed by atoms with van der Waals surface area (Å²) in [4.78, 5) is 4.85. The standard InChI is InChI=1S/C26H22N6OS/c1-33-23-14-12-19(13-15-23)16-32-17-22(28-31-32)18-34-26-27-24(20-8-4-2-5-9-20)25(29-30-26)21-10-6-3-7-11-21/h2-15,17H,16,18H2,1H3. The molecule has 0 N–H and O–H groups in total. The van der Waals surface area contributed by atoms with Gasteiger partial charge in [-0.15, -0.1) is 15.3 Å². The van der Waals surface area contributed by atoms with Gasteiger partial charge in [-0.05, 0) is 17.7 Å². The zero-order valence-electron chi connectivity index (χ0n) is 18.6. The summed E-state index contributed by atoms with van der Waals surface area (Å²) < 4.78 is 7.04. The number of hydrogen-bond donors (Lipinski definition) is 0. The summed E-state index contributed by atoms with van der Waals surface area (Å²) >= 11 is 1.49. The fourth-order valence-electron chi connectivity index (χ4n) is 3.50. The molecular formula is C26H22N6OS. The SMILES string of the molecule is COc1ccc(Cn2cc(CSc3nnc(-c4ccccc4)c(-c4ccccc4)n3)nn2)cc1. The van der Waals surface area contributed by atoms with Crippen LogP contribution in [0.5, 0.6) is 5.75 Å². The molecule has 0 radical (unpaired) electrons. The molecule has 0 aliphatic heterocycles. The number of nitrogens with zero attached hydrogens (tertiary/aromatic N) is 6. The molecule has 0 saturated heterocycles. The first-order valence-corrected chi connectivity index (χ1v) is 11.8. The van der Waals surface area contributed by atoms with Crippen molar-refractivity contribution in [3.8, 4) is 28.3 Å². The third kappa shape index (κ3) is 5.13. The quantitative estimate of drug-likeness (QED) is 0.293. The second-order valence-electron chi connectivity index (χ2n) is 7.57. The molecule has 34 heavy (non-hydrogen) atoms. The Balaban J connectivity index is 1.32. The van der Waals surface area contributed by atoms with Gasteiger partial charge in [0.2, 0.25) is 5.16 Å². The number of thioether (sulfide) groups is 1. The minimum Gasteiger partial charge on any atom is -0.497 e. The fourth-order valence-corrected chi connectivity index (χ4v) is 4.16. The number of methoxy groups -OCH3 is 1. The molecule has 0 aliphatic carbocycles. The second kappa shape index (κ2) is 10.3. The molecule has 2 aromatic heterocycles.